The molecule has 5 nitrogen and oxygen atoms in total. The van der Waals surface area contributed by atoms with Crippen LogP contribution in [-0.4, -0.2) is 16.1 Å². The summed E-state index contributed by atoms with van der Waals surface area (Å²) < 4.78 is 26.5. The first-order valence-corrected chi connectivity index (χ1v) is 7.96. The van der Waals surface area contributed by atoms with Gasteiger partial charge in [-0.2, -0.15) is 5.10 Å². The van der Waals surface area contributed by atoms with Crippen molar-refractivity contribution in [1.82, 2.24) is 10.2 Å². The Morgan fingerprint density at radius 2 is 1.77 bits per heavy atom. The maximum absolute atomic E-state index is 13.2. The summed E-state index contributed by atoms with van der Waals surface area (Å²) in [6.45, 7) is 0. The molecular weight excluding hydrogens is 362 g/mol. The Morgan fingerprint density at radius 3 is 2.50 bits per heavy atom. The fourth-order valence-electron chi connectivity index (χ4n) is 2.29. The molecule has 0 aliphatic carbocycles. The molecule has 0 spiro atoms. The summed E-state index contributed by atoms with van der Waals surface area (Å²) in [6, 6.07) is 11.5. The predicted molar refractivity (Wildman–Crippen MR) is 95.5 cm³/mol. The van der Waals surface area contributed by atoms with Crippen molar-refractivity contribution < 1.29 is 13.6 Å². The zero-order valence-electron chi connectivity index (χ0n) is 13.3. The van der Waals surface area contributed by atoms with E-state index in [1.807, 2.05) is 0 Å². The average Bonchev–Trinajstić information content (AvgIpc) is 2.56. The molecule has 0 unspecified atom stereocenters. The summed E-state index contributed by atoms with van der Waals surface area (Å²) in [6.07, 6.45) is 1.46. The second-order valence-corrected chi connectivity index (χ2v) is 5.84. The quantitative estimate of drug-likeness (QED) is 0.697. The van der Waals surface area contributed by atoms with Gasteiger partial charge < -0.3 is 10.6 Å². The zero-order chi connectivity index (χ0) is 18.5. The molecule has 132 valence electrons. The zero-order valence-corrected chi connectivity index (χ0v) is 14.1. The van der Waals surface area contributed by atoms with Gasteiger partial charge in [0, 0.05) is 22.8 Å². The van der Waals surface area contributed by atoms with E-state index in [1.54, 1.807) is 24.3 Å². The minimum Gasteiger partial charge on any atom is -0.338 e. The molecule has 2 aromatic carbocycles. The average molecular weight is 375 g/mol. The second-order valence-electron chi connectivity index (χ2n) is 5.43. The number of hydrogen-bond donors (Lipinski definition) is 2. The number of carbonyl (C=O) groups excluding carboxylic acids is 1. The van der Waals surface area contributed by atoms with Crippen LogP contribution in [0.5, 0.6) is 0 Å². The minimum atomic E-state index is -0.718. The molecule has 3 aromatic rings. The normalized spacial score (nSPS) is 10.4. The number of nitrogens with one attached hydrogen (secondary N) is 2. The van der Waals surface area contributed by atoms with Crippen molar-refractivity contribution in [3.8, 4) is 0 Å². The smallest absolute Gasteiger partial charge is 0.228 e. The van der Waals surface area contributed by atoms with E-state index in [0.29, 0.717) is 16.3 Å². The first-order chi connectivity index (χ1) is 12.5. The molecule has 0 saturated heterocycles. The third-order valence-electron chi connectivity index (χ3n) is 3.38. The van der Waals surface area contributed by atoms with Crippen LogP contribution in [0.3, 0.4) is 0 Å². The van der Waals surface area contributed by atoms with Crippen molar-refractivity contribution in [3.63, 3.8) is 0 Å². The van der Waals surface area contributed by atoms with Gasteiger partial charge in [0.05, 0.1) is 18.3 Å². The lowest BCUT2D eigenvalue weighted by molar-refractivity contribution is -0.115. The third-order valence-corrected chi connectivity index (χ3v) is 3.75. The molecule has 3 rings (SSSR count). The SMILES string of the molecule is O=C(Cc1ccccc1Cl)Nc1cnnc(Nc2cc(F)cc(F)c2)c1. The van der Waals surface area contributed by atoms with E-state index in [-0.39, 0.29) is 23.8 Å². The molecule has 2 N–H and O–H groups in total. The van der Waals surface area contributed by atoms with Gasteiger partial charge in [-0.05, 0) is 23.8 Å². The van der Waals surface area contributed by atoms with Crippen molar-refractivity contribution in [1.29, 1.82) is 0 Å². The molecule has 8 heteroatoms. The van der Waals surface area contributed by atoms with Crippen molar-refractivity contribution in [2.45, 2.75) is 6.42 Å². The van der Waals surface area contributed by atoms with Gasteiger partial charge in [-0.1, -0.05) is 29.8 Å². The lowest BCUT2D eigenvalue weighted by Gasteiger charge is -2.09. The third kappa shape index (κ3) is 4.73. The van der Waals surface area contributed by atoms with E-state index in [1.165, 1.54) is 12.3 Å². The maximum Gasteiger partial charge on any atom is 0.228 e. The summed E-state index contributed by atoms with van der Waals surface area (Å²) in [7, 11) is 0. The fourth-order valence-corrected chi connectivity index (χ4v) is 2.49. The van der Waals surface area contributed by atoms with Crippen LogP contribution in [-0.2, 0) is 11.2 Å². The van der Waals surface area contributed by atoms with Crippen LogP contribution in [0.4, 0.5) is 26.0 Å². The lowest BCUT2D eigenvalue weighted by atomic mass is 10.1. The number of anilines is 3. The van der Waals surface area contributed by atoms with Gasteiger partial charge in [0.1, 0.15) is 11.6 Å². The molecule has 0 radical (unpaired) electrons. The highest BCUT2D eigenvalue weighted by Crippen LogP contribution is 2.20. The van der Waals surface area contributed by atoms with E-state index < -0.39 is 11.6 Å². The van der Waals surface area contributed by atoms with Crippen LogP contribution in [0, 0.1) is 11.6 Å². The number of hydrogen-bond acceptors (Lipinski definition) is 4. The van der Waals surface area contributed by atoms with E-state index in [4.69, 9.17) is 11.6 Å². The molecule has 26 heavy (non-hydrogen) atoms. The van der Waals surface area contributed by atoms with Crippen LogP contribution in [0.1, 0.15) is 5.56 Å². The summed E-state index contributed by atoms with van der Waals surface area (Å²) in [5.41, 5.74) is 1.26. The summed E-state index contributed by atoms with van der Waals surface area (Å²) in [5.74, 6) is -1.49. The van der Waals surface area contributed by atoms with Crippen molar-refractivity contribution in [3.05, 3.63) is 76.9 Å². The van der Waals surface area contributed by atoms with Gasteiger partial charge in [-0.15, -0.1) is 5.10 Å². The number of amides is 1. The summed E-state index contributed by atoms with van der Waals surface area (Å²) in [4.78, 5) is 12.2. The number of benzene rings is 2. The van der Waals surface area contributed by atoms with Crippen LogP contribution in [0.15, 0.2) is 54.7 Å². The van der Waals surface area contributed by atoms with Crippen LogP contribution >= 0.6 is 11.6 Å². The topological polar surface area (TPSA) is 66.9 Å². The Labute approximate surface area is 153 Å². The maximum atomic E-state index is 13.2. The highest BCUT2D eigenvalue weighted by atomic mass is 35.5. The van der Waals surface area contributed by atoms with E-state index in [0.717, 1.165) is 18.2 Å². The van der Waals surface area contributed by atoms with Crippen LogP contribution in [0.25, 0.3) is 0 Å². The molecule has 1 heterocycles. The Balaban J connectivity index is 1.69. The standard InChI is InChI=1S/C18H13ClF2N4O/c19-16-4-2-1-3-11(16)5-18(26)24-15-9-17(25-22-10-15)23-14-7-12(20)6-13(21)8-14/h1-4,6-10H,5H2,(H2,23,24,25,26). The molecule has 0 aliphatic heterocycles. The predicted octanol–water partition coefficient (Wildman–Crippen LogP) is 4.33. The number of nitrogens with zero attached hydrogens (tertiary/aromatic N) is 2. The van der Waals surface area contributed by atoms with Gasteiger partial charge in [-0.3, -0.25) is 4.79 Å². The molecule has 0 atom stereocenters. The number of rotatable bonds is 5. The van der Waals surface area contributed by atoms with E-state index in [2.05, 4.69) is 20.8 Å². The monoisotopic (exact) mass is 374 g/mol. The Kier molecular flexibility index (Phi) is 5.38. The second kappa shape index (κ2) is 7.88. The van der Waals surface area contributed by atoms with Crippen LogP contribution < -0.4 is 10.6 Å². The molecule has 1 amide bonds. The van der Waals surface area contributed by atoms with Crippen LogP contribution in [0.2, 0.25) is 5.02 Å². The number of carbonyl (C=O) groups is 1. The van der Waals surface area contributed by atoms with Gasteiger partial charge in [0.2, 0.25) is 5.91 Å². The Bertz CT molecular complexity index is 932. The van der Waals surface area contributed by atoms with Crippen molar-refractivity contribution in [2.75, 3.05) is 10.6 Å². The van der Waals surface area contributed by atoms with Gasteiger partial charge in [0.25, 0.3) is 0 Å². The molecular formula is C18H13ClF2N4O. The highest BCUT2D eigenvalue weighted by molar-refractivity contribution is 6.31. The molecule has 1 aromatic heterocycles. The van der Waals surface area contributed by atoms with Gasteiger partial charge >= 0.3 is 0 Å². The van der Waals surface area contributed by atoms with Gasteiger partial charge in [0.15, 0.2) is 5.82 Å². The molecule has 0 saturated carbocycles. The number of halogens is 3. The van der Waals surface area contributed by atoms with E-state index >= 15 is 0 Å². The Morgan fingerprint density at radius 1 is 1.04 bits per heavy atom. The number of aromatic nitrogens is 2. The van der Waals surface area contributed by atoms with E-state index in [9.17, 15) is 13.6 Å². The fraction of sp³-hybridized carbons (Fsp3) is 0.0556. The highest BCUT2D eigenvalue weighted by Gasteiger charge is 2.09. The van der Waals surface area contributed by atoms with Crippen molar-refractivity contribution in [2.24, 2.45) is 0 Å². The van der Waals surface area contributed by atoms with Crippen molar-refractivity contribution >= 4 is 34.7 Å². The summed E-state index contributed by atoms with van der Waals surface area (Å²) in [5, 5.41) is 13.5. The Hall–Kier alpha value is -3.06. The van der Waals surface area contributed by atoms with Gasteiger partial charge in [-0.25, -0.2) is 8.78 Å². The summed E-state index contributed by atoms with van der Waals surface area (Å²) >= 11 is 6.04. The molecule has 0 bridgehead atoms. The minimum absolute atomic E-state index is 0.0971. The largest absolute Gasteiger partial charge is 0.338 e. The lowest BCUT2D eigenvalue weighted by Crippen LogP contribution is -2.15. The molecule has 0 aliphatic rings. The first-order valence-electron chi connectivity index (χ1n) is 7.59. The molecule has 0 fully saturated rings. The first kappa shape index (κ1) is 17.8.